The van der Waals surface area contributed by atoms with Gasteiger partial charge in [-0.15, -0.1) is 0 Å². The minimum Gasteiger partial charge on any atom is -0.350 e. The molecule has 1 aromatic rings. The van der Waals surface area contributed by atoms with Crippen molar-refractivity contribution in [2.45, 2.75) is 44.6 Å². The monoisotopic (exact) mass is 341 g/mol. The Morgan fingerprint density at radius 1 is 1.17 bits per heavy atom. The van der Waals surface area contributed by atoms with Gasteiger partial charge in [-0.25, -0.2) is 17.9 Å². The first-order valence-electron chi connectivity index (χ1n) is 7.44. The first-order chi connectivity index (χ1) is 10.8. The number of urea groups is 1. The van der Waals surface area contributed by atoms with Crippen molar-refractivity contribution in [3.05, 3.63) is 29.8 Å². The molecule has 7 nitrogen and oxygen atoms in total. The van der Waals surface area contributed by atoms with Gasteiger partial charge in [0.25, 0.3) is 10.0 Å². The van der Waals surface area contributed by atoms with E-state index in [2.05, 4.69) is 10.6 Å². The number of carbonyl (C=O) groups excluding carboxylic acids is 2. The number of carbonyl (C=O) groups is 2. The van der Waals surface area contributed by atoms with Gasteiger partial charge in [-0.05, 0) is 31.0 Å². The number of rotatable bonds is 7. The van der Waals surface area contributed by atoms with Crippen molar-refractivity contribution >= 4 is 22.0 Å². The van der Waals surface area contributed by atoms with Crippen molar-refractivity contribution in [2.75, 3.05) is 6.54 Å². The average Bonchev–Trinajstić information content (AvgIpc) is 2.46. The Labute approximate surface area is 136 Å². The van der Waals surface area contributed by atoms with Crippen LogP contribution in [0.5, 0.6) is 0 Å². The lowest BCUT2D eigenvalue weighted by Crippen LogP contribution is -2.39. The molecule has 3 amide bonds. The normalized spacial score (nSPS) is 12.3. The molecule has 0 radical (unpaired) electrons. The fourth-order valence-electron chi connectivity index (χ4n) is 1.92. The maximum absolute atomic E-state index is 12.1. The minimum atomic E-state index is -3.91. The average molecular weight is 341 g/mol. The second kappa shape index (κ2) is 8.52. The van der Waals surface area contributed by atoms with Gasteiger partial charge in [0.2, 0.25) is 5.91 Å². The van der Waals surface area contributed by atoms with Gasteiger partial charge in [-0.2, -0.15) is 0 Å². The summed E-state index contributed by atoms with van der Waals surface area (Å²) >= 11 is 0. The topological polar surface area (TPSA) is 104 Å². The van der Waals surface area contributed by atoms with Crippen LogP contribution < -0.4 is 15.4 Å². The molecule has 0 aliphatic carbocycles. The highest BCUT2D eigenvalue weighted by Crippen LogP contribution is 2.16. The molecule has 0 aliphatic rings. The van der Waals surface area contributed by atoms with Crippen molar-refractivity contribution in [3.8, 4) is 0 Å². The molecule has 0 saturated carbocycles. The van der Waals surface area contributed by atoms with E-state index in [1.165, 1.54) is 19.1 Å². The van der Waals surface area contributed by atoms with E-state index in [-0.39, 0.29) is 16.8 Å². The quantitative estimate of drug-likeness (QED) is 0.656. The van der Waals surface area contributed by atoms with Gasteiger partial charge >= 0.3 is 6.03 Å². The summed E-state index contributed by atoms with van der Waals surface area (Å²) in [6.07, 6.45) is 1.68. The molecule has 0 bridgehead atoms. The van der Waals surface area contributed by atoms with E-state index >= 15 is 0 Å². The number of unbranched alkanes of at least 4 members (excludes halogenated alkanes) is 1. The van der Waals surface area contributed by atoms with Gasteiger partial charge < -0.3 is 10.6 Å². The highest BCUT2D eigenvalue weighted by Gasteiger charge is 2.17. The Balaban J connectivity index is 2.73. The maximum Gasteiger partial charge on any atom is 0.328 e. The summed E-state index contributed by atoms with van der Waals surface area (Å²) in [4.78, 5) is 22.6. The summed E-state index contributed by atoms with van der Waals surface area (Å²) < 4.78 is 26.1. The molecule has 1 aromatic carbocycles. The van der Waals surface area contributed by atoms with Crippen LogP contribution in [-0.4, -0.2) is 26.9 Å². The third-order valence-electron chi connectivity index (χ3n) is 3.15. The summed E-state index contributed by atoms with van der Waals surface area (Å²) in [5, 5.41) is 5.19. The smallest absolute Gasteiger partial charge is 0.328 e. The van der Waals surface area contributed by atoms with Crippen molar-refractivity contribution in [1.82, 2.24) is 15.4 Å². The van der Waals surface area contributed by atoms with Crippen LogP contribution in [-0.2, 0) is 14.8 Å². The molecule has 0 aliphatic heterocycles. The van der Waals surface area contributed by atoms with Crippen LogP contribution in [0.3, 0.4) is 0 Å². The summed E-state index contributed by atoms with van der Waals surface area (Å²) in [5.41, 5.74) is 0.770. The molecule has 23 heavy (non-hydrogen) atoms. The lowest BCUT2D eigenvalue weighted by molar-refractivity contribution is -0.119. The highest BCUT2D eigenvalue weighted by atomic mass is 32.2. The first kappa shape index (κ1) is 19.0. The number of hydrogen-bond acceptors (Lipinski definition) is 4. The zero-order valence-corrected chi connectivity index (χ0v) is 14.4. The third-order valence-corrected chi connectivity index (χ3v) is 4.50. The van der Waals surface area contributed by atoms with Crippen LogP contribution in [0.4, 0.5) is 4.79 Å². The lowest BCUT2D eigenvalue weighted by atomic mass is 10.1. The zero-order valence-electron chi connectivity index (χ0n) is 13.5. The Hall–Kier alpha value is -2.09. The van der Waals surface area contributed by atoms with E-state index in [0.29, 0.717) is 6.54 Å². The lowest BCUT2D eigenvalue weighted by Gasteiger charge is -2.13. The number of benzene rings is 1. The number of amides is 3. The molecule has 3 N–H and O–H groups in total. The van der Waals surface area contributed by atoms with E-state index in [0.717, 1.165) is 18.4 Å². The molecule has 0 saturated heterocycles. The largest absolute Gasteiger partial charge is 0.350 e. The van der Waals surface area contributed by atoms with E-state index < -0.39 is 16.1 Å². The molecular weight excluding hydrogens is 318 g/mol. The fourth-order valence-corrected chi connectivity index (χ4v) is 2.85. The number of nitrogens with one attached hydrogen (secondary N) is 3. The van der Waals surface area contributed by atoms with Gasteiger partial charge in [0.15, 0.2) is 0 Å². The molecule has 0 aromatic heterocycles. The molecule has 128 valence electrons. The Kier molecular flexibility index (Phi) is 7.02. The molecule has 1 atom stereocenters. The van der Waals surface area contributed by atoms with Crippen molar-refractivity contribution in [3.63, 3.8) is 0 Å². The van der Waals surface area contributed by atoms with Gasteiger partial charge in [-0.3, -0.25) is 4.79 Å². The molecule has 1 unspecified atom stereocenters. The van der Waals surface area contributed by atoms with Crippen LogP contribution in [0, 0.1) is 0 Å². The standard InChI is InChI=1S/C15H23N3O4S/c1-4-5-10-16-15(20)18-23(21,22)14-8-6-13(7-9-14)11(2)17-12(3)19/h6-9,11H,4-5,10H2,1-3H3,(H,17,19)(H2,16,18,20). The Morgan fingerprint density at radius 2 is 1.78 bits per heavy atom. The summed E-state index contributed by atoms with van der Waals surface area (Å²) in [5.74, 6) is -0.167. The van der Waals surface area contributed by atoms with E-state index in [4.69, 9.17) is 0 Å². The predicted octanol–water partition coefficient (Wildman–Crippen LogP) is 1.67. The molecule has 0 fully saturated rings. The zero-order chi connectivity index (χ0) is 17.5. The molecule has 1 rings (SSSR count). The van der Waals surface area contributed by atoms with Gasteiger partial charge in [0, 0.05) is 13.5 Å². The van der Waals surface area contributed by atoms with E-state index in [1.807, 2.05) is 11.6 Å². The van der Waals surface area contributed by atoms with E-state index in [9.17, 15) is 18.0 Å². The Morgan fingerprint density at radius 3 is 2.30 bits per heavy atom. The van der Waals surface area contributed by atoms with E-state index in [1.54, 1.807) is 19.1 Å². The van der Waals surface area contributed by atoms with Crippen molar-refractivity contribution < 1.29 is 18.0 Å². The third kappa shape index (κ3) is 6.27. The SMILES string of the molecule is CCCCNC(=O)NS(=O)(=O)c1ccc(C(C)NC(C)=O)cc1. The van der Waals surface area contributed by atoms with Gasteiger partial charge in [0.05, 0.1) is 10.9 Å². The van der Waals surface area contributed by atoms with Crippen LogP contribution in [0.15, 0.2) is 29.2 Å². The fraction of sp³-hybridized carbons (Fsp3) is 0.467. The minimum absolute atomic E-state index is 0.0121. The first-order valence-corrected chi connectivity index (χ1v) is 8.92. The van der Waals surface area contributed by atoms with Crippen LogP contribution in [0.2, 0.25) is 0 Å². The van der Waals surface area contributed by atoms with Crippen LogP contribution in [0.25, 0.3) is 0 Å². The van der Waals surface area contributed by atoms with Crippen molar-refractivity contribution in [1.29, 1.82) is 0 Å². The number of sulfonamides is 1. The van der Waals surface area contributed by atoms with Crippen molar-refractivity contribution in [2.24, 2.45) is 0 Å². The van der Waals surface area contributed by atoms with Gasteiger partial charge in [-0.1, -0.05) is 25.5 Å². The van der Waals surface area contributed by atoms with Crippen LogP contribution in [0.1, 0.15) is 45.2 Å². The second-order valence-electron chi connectivity index (χ2n) is 5.21. The summed E-state index contributed by atoms with van der Waals surface area (Å²) in [6, 6.07) is 5.03. The molecule has 8 heteroatoms. The second-order valence-corrected chi connectivity index (χ2v) is 6.89. The van der Waals surface area contributed by atoms with Crippen LogP contribution >= 0.6 is 0 Å². The summed E-state index contributed by atoms with van der Waals surface area (Å²) in [6.45, 7) is 5.60. The summed E-state index contributed by atoms with van der Waals surface area (Å²) in [7, 11) is -3.91. The molecule has 0 spiro atoms. The Bertz CT molecular complexity index is 641. The highest BCUT2D eigenvalue weighted by molar-refractivity contribution is 7.90. The van der Waals surface area contributed by atoms with Gasteiger partial charge in [0.1, 0.15) is 0 Å². The maximum atomic E-state index is 12.1. The number of hydrogen-bond donors (Lipinski definition) is 3. The molecular formula is C15H23N3O4S. The predicted molar refractivity (Wildman–Crippen MR) is 87.3 cm³/mol. The molecule has 0 heterocycles.